The molecule has 0 fully saturated rings. The molecule has 94 valence electrons. The summed E-state index contributed by atoms with van der Waals surface area (Å²) in [6, 6.07) is 0. The first-order valence-electron chi connectivity index (χ1n) is 6.83. The highest BCUT2D eigenvalue weighted by Gasteiger charge is 2.20. The van der Waals surface area contributed by atoms with Crippen LogP contribution in [-0.2, 0) is 9.53 Å². The van der Waals surface area contributed by atoms with Gasteiger partial charge in [-0.1, -0.05) is 24.3 Å². The van der Waals surface area contributed by atoms with Crippen molar-refractivity contribution in [2.24, 2.45) is 11.8 Å². The van der Waals surface area contributed by atoms with E-state index < -0.39 is 0 Å². The molecule has 0 amide bonds. The normalized spacial score (nSPS) is 28.0. The van der Waals surface area contributed by atoms with E-state index in [-0.39, 0.29) is 11.9 Å². The Bertz CT molecular complexity index is 304. The van der Waals surface area contributed by atoms with Crippen molar-refractivity contribution in [3.8, 4) is 0 Å². The minimum atomic E-state index is 0.0145. The lowest BCUT2D eigenvalue weighted by Crippen LogP contribution is -2.20. The number of carbonyl (C=O) groups excluding carboxylic acids is 1. The van der Waals surface area contributed by atoms with E-state index >= 15 is 0 Å². The van der Waals surface area contributed by atoms with Crippen molar-refractivity contribution in [3.05, 3.63) is 24.3 Å². The fourth-order valence-electron chi connectivity index (χ4n) is 2.57. The maximum absolute atomic E-state index is 11.8. The van der Waals surface area contributed by atoms with Gasteiger partial charge in [-0.25, -0.2) is 0 Å². The van der Waals surface area contributed by atoms with Gasteiger partial charge in [0.05, 0.1) is 12.5 Å². The Morgan fingerprint density at radius 2 is 1.82 bits per heavy atom. The van der Waals surface area contributed by atoms with E-state index in [0.717, 1.165) is 38.0 Å². The number of hydrogen-bond acceptors (Lipinski definition) is 2. The molecule has 2 heteroatoms. The smallest absolute Gasteiger partial charge is 0.309 e. The van der Waals surface area contributed by atoms with Crippen molar-refractivity contribution in [3.63, 3.8) is 0 Å². The molecule has 2 rings (SSSR count). The van der Waals surface area contributed by atoms with Crippen LogP contribution in [0, 0.1) is 11.8 Å². The topological polar surface area (TPSA) is 26.3 Å². The van der Waals surface area contributed by atoms with Crippen LogP contribution in [-0.4, -0.2) is 12.6 Å². The van der Waals surface area contributed by atoms with E-state index in [2.05, 4.69) is 24.3 Å². The molecule has 2 unspecified atom stereocenters. The summed E-state index contributed by atoms with van der Waals surface area (Å²) < 4.78 is 5.39. The summed E-state index contributed by atoms with van der Waals surface area (Å²) in [6.45, 7) is 0.609. The monoisotopic (exact) mass is 234 g/mol. The van der Waals surface area contributed by atoms with E-state index in [1.54, 1.807) is 0 Å². The minimum Gasteiger partial charge on any atom is -0.465 e. The molecule has 0 aromatic rings. The van der Waals surface area contributed by atoms with Gasteiger partial charge in [0, 0.05) is 0 Å². The second kappa shape index (κ2) is 6.63. The Hall–Kier alpha value is -1.05. The fourth-order valence-corrected chi connectivity index (χ4v) is 2.57. The molecule has 2 atom stereocenters. The number of hydrogen-bond donors (Lipinski definition) is 0. The molecule has 0 aromatic carbocycles. The van der Waals surface area contributed by atoms with Crippen LogP contribution in [0.4, 0.5) is 0 Å². The molecule has 0 aromatic heterocycles. The summed E-state index contributed by atoms with van der Waals surface area (Å²) in [6.07, 6.45) is 16.2. The summed E-state index contributed by atoms with van der Waals surface area (Å²) in [5.41, 5.74) is 0. The Kier molecular flexibility index (Phi) is 4.84. The zero-order chi connectivity index (χ0) is 11.9. The first kappa shape index (κ1) is 12.4. The molecule has 0 aliphatic heterocycles. The molecular formula is C15H22O2. The lowest BCUT2D eigenvalue weighted by atomic mass is 9.92. The molecule has 0 saturated carbocycles. The van der Waals surface area contributed by atoms with Crippen molar-refractivity contribution >= 4 is 5.97 Å². The van der Waals surface area contributed by atoms with E-state index in [1.807, 2.05) is 0 Å². The standard InChI is InChI=1S/C15H22O2/c16-15(14-9-5-2-6-10-14)17-12-11-13-7-3-1-4-8-13/h1-3,5,13-14H,4,6-12H2. The van der Waals surface area contributed by atoms with Crippen LogP contribution >= 0.6 is 0 Å². The molecule has 2 nitrogen and oxygen atoms in total. The van der Waals surface area contributed by atoms with E-state index in [0.29, 0.717) is 6.61 Å². The third-order valence-corrected chi connectivity index (χ3v) is 3.75. The molecule has 0 heterocycles. The zero-order valence-corrected chi connectivity index (χ0v) is 10.4. The number of allylic oxidation sites excluding steroid dienone is 4. The van der Waals surface area contributed by atoms with Gasteiger partial charge in [-0.2, -0.15) is 0 Å². The first-order valence-corrected chi connectivity index (χ1v) is 6.83. The highest BCUT2D eigenvalue weighted by atomic mass is 16.5. The number of ether oxygens (including phenoxy) is 1. The van der Waals surface area contributed by atoms with Crippen LogP contribution in [0.1, 0.15) is 44.9 Å². The Morgan fingerprint density at radius 1 is 1.06 bits per heavy atom. The SMILES string of the molecule is O=C(OCCC1CC=CCC1)C1CC=CCC1. The van der Waals surface area contributed by atoms with Gasteiger partial charge < -0.3 is 4.74 Å². The molecular weight excluding hydrogens is 212 g/mol. The maximum atomic E-state index is 11.8. The highest BCUT2D eigenvalue weighted by molar-refractivity contribution is 5.72. The second-order valence-corrected chi connectivity index (χ2v) is 5.09. The quantitative estimate of drug-likeness (QED) is 0.548. The Morgan fingerprint density at radius 3 is 2.47 bits per heavy atom. The van der Waals surface area contributed by atoms with E-state index in [1.165, 1.54) is 12.8 Å². The Balaban J connectivity index is 1.62. The van der Waals surface area contributed by atoms with Crippen LogP contribution in [0.3, 0.4) is 0 Å². The van der Waals surface area contributed by atoms with Crippen molar-refractivity contribution in [1.29, 1.82) is 0 Å². The van der Waals surface area contributed by atoms with Crippen molar-refractivity contribution in [2.45, 2.75) is 44.9 Å². The third-order valence-electron chi connectivity index (χ3n) is 3.75. The van der Waals surface area contributed by atoms with Crippen LogP contribution in [0.5, 0.6) is 0 Å². The van der Waals surface area contributed by atoms with E-state index in [9.17, 15) is 4.79 Å². The van der Waals surface area contributed by atoms with Crippen LogP contribution in [0.25, 0.3) is 0 Å². The van der Waals surface area contributed by atoms with Gasteiger partial charge in [-0.15, -0.1) is 0 Å². The molecule has 0 radical (unpaired) electrons. The van der Waals surface area contributed by atoms with Crippen molar-refractivity contribution in [1.82, 2.24) is 0 Å². The van der Waals surface area contributed by atoms with Gasteiger partial charge in [0.25, 0.3) is 0 Å². The van der Waals surface area contributed by atoms with E-state index in [4.69, 9.17) is 4.74 Å². The third kappa shape index (κ3) is 4.03. The minimum absolute atomic E-state index is 0.0145. The van der Waals surface area contributed by atoms with Gasteiger partial charge in [0.2, 0.25) is 0 Å². The lowest BCUT2D eigenvalue weighted by Gasteiger charge is -2.19. The first-order chi connectivity index (χ1) is 8.36. The number of esters is 1. The van der Waals surface area contributed by atoms with Gasteiger partial charge in [0.1, 0.15) is 0 Å². The molecule has 2 aliphatic carbocycles. The van der Waals surface area contributed by atoms with Crippen molar-refractivity contribution in [2.75, 3.05) is 6.61 Å². The lowest BCUT2D eigenvalue weighted by molar-refractivity contribution is -0.149. The molecule has 0 spiro atoms. The van der Waals surface area contributed by atoms with Gasteiger partial charge in [-0.3, -0.25) is 4.79 Å². The molecule has 0 N–H and O–H groups in total. The highest BCUT2D eigenvalue weighted by Crippen LogP contribution is 2.23. The average molecular weight is 234 g/mol. The van der Waals surface area contributed by atoms with Gasteiger partial charge >= 0.3 is 5.97 Å². The van der Waals surface area contributed by atoms with Crippen LogP contribution in [0.2, 0.25) is 0 Å². The Labute approximate surface area is 104 Å². The van der Waals surface area contributed by atoms with Crippen molar-refractivity contribution < 1.29 is 9.53 Å². The zero-order valence-electron chi connectivity index (χ0n) is 10.4. The predicted octanol–water partition coefficient (Wildman–Crippen LogP) is 3.63. The predicted molar refractivity (Wildman–Crippen MR) is 68.5 cm³/mol. The largest absolute Gasteiger partial charge is 0.465 e. The second-order valence-electron chi connectivity index (χ2n) is 5.09. The molecule has 0 bridgehead atoms. The van der Waals surface area contributed by atoms with Gasteiger partial charge in [-0.05, 0) is 50.9 Å². The summed E-state index contributed by atoms with van der Waals surface area (Å²) in [4.78, 5) is 11.8. The van der Waals surface area contributed by atoms with Crippen LogP contribution < -0.4 is 0 Å². The summed E-state index contributed by atoms with van der Waals surface area (Å²) in [5, 5.41) is 0. The summed E-state index contributed by atoms with van der Waals surface area (Å²) in [5.74, 6) is 0.853. The molecule has 0 saturated heterocycles. The fraction of sp³-hybridized carbons (Fsp3) is 0.667. The average Bonchev–Trinajstić information content (AvgIpc) is 2.41. The number of carbonyl (C=O) groups is 1. The molecule has 2 aliphatic rings. The maximum Gasteiger partial charge on any atom is 0.309 e. The van der Waals surface area contributed by atoms with Gasteiger partial charge in [0.15, 0.2) is 0 Å². The summed E-state index contributed by atoms with van der Waals surface area (Å²) >= 11 is 0. The summed E-state index contributed by atoms with van der Waals surface area (Å²) in [7, 11) is 0. The number of rotatable bonds is 4. The van der Waals surface area contributed by atoms with Crippen LogP contribution in [0.15, 0.2) is 24.3 Å². The molecule has 17 heavy (non-hydrogen) atoms.